The zero-order valence-corrected chi connectivity index (χ0v) is 11.4. The van der Waals surface area contributed by atoms with Crippen LogP contribution in [-0.2, 0) is 4.79 Å². The lowest BCUT2D eigenvalue weighted by atomic mass is 10.1. The number of phenolic OH excluding ortho intramolecular Hbond substituents is 1. The zero-order valence-electron chi connectivity index (χ0n) is 11.4. The summed E-state index contributed by atoms with van der Waals surface area (Å²) in [5.41, 5.74) is 6.16. The fraction of sp³-hybridized carbons (Fsp3) is 0.429. The standard InChI is InChI=1S/C14H19N3O3/c1-9-11(3-2-4-12(9)18)14(20)17(8-13(15)19)10-5-6-16-7-10/h2-4,10,16,18H,5-8H2,1H3,(H2,15,19). The van der Waals surface area contributed by atoms with Crippen LogP contribution in [0.25, 0.3) is 0 Å². The molecule has 6 heteroatoms. The van der Waals surface area contributed by atoms with E-state index in [-0.39, 0.29) is 24.2 Å². The van der Waals surface area contributed by atoms with Crippen LogP contribution in [0.1, 0.15) is 22.3 Å². The quantitative estimate of drug-likeness (QED) is 0.721. The number of primary amides is 1. The minimum atomic E-state index is -0.539. The van der Waals surface area contributed by atoms with Crippen molar-refractivity contribution in [2.75, 3.05) is 19.6 Å². The summed E-state index contributed by atoms with van der Waals surface area (Å²) in [6.45, 7) is 3.03. The summed E-state index contributed by atoms with van der Waals surface area (Å²) in [6, 6.07) is 4.75. The number of amides is 2. The van der Waals surface area contributed by atoms with Crippen molar-refractivity contribution < 1.29 is 14.7 Å². The monoisotopic (exact) mass is 277 g/mol. The lowest BCUT2D eigenvalue weighted by Crippen LogP contribution is -2.46. The Morgan fingerprint density at radius 2 is 2.25 bits per heavy atom. The number of hydrogen-bond acceptors (Lipinski definition) is 4. The molecule has 0 bridgehead atoms. The molecular weight excluding hydrogens is 258 g/mol. The number of aromatic hydroxyl groups is 1. The van der Waals surface area contributed by atoms with Gasteiger partial charge in [-0.25, -0.2) is 0 Å². The van der Waals surface area contributed by atoms with Gasteiger partial charge in [0.1, 0.15) is 5.75 Å². The SMILES string of the molecule is Cc1c(O)cccc1C(=O)N(CC(N)=O)C1CCNC1. The minimum Gasteiger partial charge on any atom is -0.508 e. The molecule has 1 fully saturated rings. The molecule has 1 atom stereocenters. The number of nitrogens with two attached hydrogens (primary N) is 1. The summed E-state index contributed by atoms with van der Waals surface area (Å²) in [5.74, 6) is -0.742. The van der Waals surface area contributed by atoms with Crippen LogP contribution in [0.15, 0.2) is 18.2 Å². The van der Waals surface area contributed by atoms with E-state index in [0.717, 1.165) is 13.0 Å². The van der Waals surface area contributed by atoms with Gasteiger partial charge in [0, 0.05) is 23.7 Å². The predicted molar refractivity (Wildman–Crippen MR) is 74.3 cm³/mol. The van der Waals surface area contributed by atoms with Crippen molar-refractivity contribution in [2.24, 2.45) is 5.73 Å². The predicted octanol–water partition coefficient (Wildman–Crippen LogP) is -0.00998. The average Bonchev–Trinajstić information content (AvgIpc) is 2.92. The lowest BCUT2D eigenvalue weighted by molar-refractivity contribution is -0.119. The van der Waals surface area contributed by atoms with Gasteiger partial charge in [-0.2, -0.15) is 0 Å². The summed E-state index contributed by atoms with van der Waals surface area (Å²) in [6.07, 6.45) is 0.789. The maximum absolute atomic E-state index is 12.6. The zero-order chi connectivity index (χ0) is 14.7. The van der Waals surface area contributed by atoms with Gasteiger partial charge < -0.3 is 21.1 Å². The molecular formula is C14H19N3O3. The Morgan fingerprint density at radius 1 is 1.50 bits per heavy atom. The van der Waals surface area contributed by atoms with Crippen molar-refractivity contribution in [3.63, 3.8) is 0 Å². The van der Waals surface area contributed by atoms with E-state index in [4.69, 9.17) is 5.73 Å². The average molecular weight is 277 g/mol. The number of nitrogens with one attached hydrogen (secondary N) is 1. The van der Waals surface area contributed by atoms with Gasteiger partial charge in [-0.1, -0.05) is 6.07 Å². The normalized spacial score (nSPS) is 17.9. The van der Waals surface area contributed by atoms with E-state index >= 15 is 0 Å². The third-order valence-electron chi connectivity index (χ3n) is 3.60. The molecule has 1 aromatic carbocycles. The Labute approximate surface area is 117 Å². The highest BCUT2D eigenvalue weighted by atomic mass is 16.3. The van der Waals surface area contributed by atoms with Crippen molar-refractivity contribution in [1.29, 1.82) is 0 Å². The number of hydrogen-bond donors (Lipinski definition) is 3. The van der Waals surface area contributed by atoms with Crippen LogP contribution in [0.2, 0.25) is 0 Å². The Hall–Kier alpha value is -2.08. The van der Waals surface area contributed by atoms with Gasteiger partial charge in [0.2, 0.25) is 5.91 Å². The van der Waals surface area contributed by atoms with Gasteiger partial charge in [0.05, 0.1) is 6.54 Å². The molecule has 1 saturated heterocycles. The molecule has 0 saturated carbocycles. The summed E-state index contributed by atoms with van der Waals surface area (Å²) < 4.78 is 0. The lowest BCUT2D eigenvalue weighted by Gasteiger charge is -2.28. The fourth-order valence-corrected chi connectivity index (χ4v) is 2.45. The molecule has 6 nitrogen and oxygen atoms in total. The van der Waals surface area contributed by atoms with E-state index in [1.165, 1.54) is 11.0 Å². The van der Waals surface area contributed by atoms with Crippen LogP contribution in [-0.4, -0.2) is 47.5 Å². The van der Waals surface area contributed by atoms with Crippen LogP contribution in [0.4, 0.5) is 0 Å². The number of nitrogens with zero attached hydrogens (tertiary/aromatic N) is 1. The van der Waals surface area contributed by atoms with Crippen molar-refractivity contribution in [3.05, 3.63) is 29.3 Å². The molecule has 0 aliphatic carbocycles. The number of benzene rings is 1. The van der Waals surface area contributed by atoms with Crippen molar-refractivity contribution in [3.8, 4) is 5.75 Å². The molecule has 1 aliphatic rings. The van der Waals surface area contributed by atoms with Crippen LogP contribution in [0.3, 0.4) is 0 Å². The first-order valence-electron chi connectivity index (χ1n) is 6.59. The van der Waals surface area contributed by atoms with E-state index in [1.54, 1.807) is 19.1 Å². The van der Waals surface area contributed by atoms with Crippen molar-refractivity contribution in [1.82, 2.24) is 10.2 Å². The Kier molecular flexibility index (Phi) is 4.24. The van der Waals surface area contributed by atoms with Crippen LogP contribution in [0.5, 0.6) is 5.75 Å². The smallest absolute Gasteiger partial charge is 0.255 e. The number of rotatable bonds is 4. The maximum atomic E-state index is 12.6. The maximum Gasteiger partial charge on any atom is 0.255 e. The first kappa shape index (κ1) is 14.3. The topological polar surface area (TPSA) is 95.7 Å². The van der Waals surface area contributed by atoms with Crippen LogP contribution in [0, 0.1) is 6.92 Å². The second kappa shape index (κ2) is 5.92. The molecule has 1 unspecified atom stereocenters. The molecule has 108 valence electrons. The van der Waals surface area contributed by atoms with E-state index in [2.05, 4.69) is 5.32 Å². The second-order valence-electron chi connectivity index (χ2n) is 5.00. The minimum absolute atomic E-state index is 0.0447. The second-order valence-corrected chi connectivity index (χ2v) is 5.00. The molecule has 0 aromatic heterocycles. The summed E-state index contributed by atoms with van der Waals surface area (Å²) >= 11 is 0. The number of carbonyl (C=O) groups is 2. The highest BCUT2D eigenvalue weighted by molar-refractivity contribution is 5.98. The van der Waals surface area contributed by atoms with E-state index < -0.39 is 5.91 Å². The molecule has 0 radical (unpaired) electrons. The van der Waals surface area contributed by atoms with Gasteiger partial charge in [0.15, 0.2) is 0 Å². The van der Waals surface area contributed by atoms with Gasteiger partial charge in [0.25, 0.3) is 5.91 Å². The Bertz CT molecular complexity index is 524. The Balaban J connectivity index is 2.29. The van der Waals surface area contributed by atoms with Gasteiger partial charge in [-0.15, -0.1) is 0 Å². The molecule has 1 heterocycles. The first-order valence-corrected chi connectivity index (χ1v) is 6.59. The third-order valence-corrected chi connectivity index (χ3v) is 3.60. The molecule has 2 amide bonds. The largest absolute Gasteiger partial charge is 0.508 e. The third kappa shape index (κ3) is 2.91. The molecule has 1 aliphatic heterocycles. The fourth-order valence-electron chi connectivity index (χ4n) is 2.45. The van der Waals surface area contributed by atoms with Crippen molar-refractivity contribution >= 4 is 11.8 Å². The molecule has 1 aromatic rings. The van der Waals surface area contributed by atoms with Gasteiger partial charge in [-0.3, -0.25) is 9.59 Å². The summed E-state index contributed by atoms with van der Waals surface area (Å²) in [4.78, 5) is 25.3. The number of carbonyl (C=O) groups excluding carboxylic acids is 2. The van der Waals surface area contributed by atoms with Gasteiger partial charge in [-0.05, 0) is 32.0 Å². The van der Waals surface area contributed by atoms with Crippen molar-refractivity contribution in [2.45, 2.75) is 19.4 Å². The van der Waals surface area contributed by atoms with E-state index in [1.807, 2.05) is 0 Å². The summed E-state index contributed by atoms with van der Waals surface area (Å²) in [7, 11) is 0. The highest BCUT2D eigenvalue weighted by Gasteiger charge is 2.29. The highest BCUT2D eigenvalue weighted by Crippen LogP contribution is 2.22. The molecule has 0 spiro atoms. The van der Waals surface area contributed by atoms with Crippen LogP contribution < -0.4 is 11.1 Å². The van der Waals surface area contributed by atoms with E-state index in [9.17, 15) is 14.7 Å². The number of phenols is 1. The molecule has 20 heavy (non-hydrogen) atoms. The van der Waals surface area contributed by atoms with Crippen LogP contribution >= 0.6 is 0 Å². The first-order chi connectivity index (χ1) is 9.50. The van der Waals surface area contributed by atoms with Gasteiger partial charge >= 0.3 is 0 Å². The summed E-state index contributed by atoms with van der Waals surface area (Å²) in [5, 5.41) is 12.9. The van der Waals surface area contributed by atoms with E-state index in [0.29, 0.717) is 17.7 Å². The molecule has 2 rings (SSSR count). The molecule has 4 N–H and O–H groups in total. The Morgan fingerprint density at radius 3 is 2.85 bits per heavy atom.